The molecule has 5 rings (SSSR count). The van der Waals surface area contributed by atoms with Crippen LogP contribution < -0.4 is 0 Å². The summed E-state index contributed by atoms with van der Waals surface area (Å²) in [5.41, 5.74) is 4.74. The first-order valence-electron chi connectivity index (χ1n) is 9.44. The Balaban J connectivity index is 1.76. The first-order valence-corrected chi connectivity index (χ1v) is 10.2. The molecule has 30 heavy (non-hydrogen) atoms. The number of allylic oxidation sites excluding steroid dienone is 4. The number of aromatic nitrogens is 2. The fourth-order valence-electron chi connectivity index (χ4n) is 4.29. The Morgan fingerprint density at radius 2 is 1.00 bits per heavy atom. The molecule has 0 amide bonds. The zero-order valence-electron chi connectivity index (χ0n) is 16.2. The van der Waals surface area contributed by atoms with E-state index in [0.29, 0.717) is 11.1 Å². The molecule has 0 fully saturated rings. The number of rotatable bonds is 2. The molecule has 0 spiro atoms. The Kier molecular flexibility index (Phi) is 4.24. The monoisotopic (exact) mass is 434 g/mol. The van der Waals surface area contributed by atoms with Gasteiger partial charge in [0.15, 0.2) is 0 Å². The maximum atomic E-state index is 13.4. The number of carbonyl (C=O) groups is 2. The molecular formula is C24H16Cl2N2O2. The smallest absolute Gasteiger partial charge is 0.207 e. The molecule has 2 aromatic heterocycles. The zero-order valence-corrected chi connectivity index (χ0v) is 17.7. The van der Waals surface area contributed by atoms with Crippen molar-refractivity contribution in [2.45, 2.75) is 13.8 Å². The summed E-state index contributed by atoms with van der Waals surface area (Å²) >= 11 is 13.1. The minimum absolute atomic E-state index is 0.114. The Hall–Kier alpha value is -3.08. The van der Waals surface area contributed by atoms with Crippen LogP contribution in [0.1, 0.15) is 22.5 Å². The van der Waals surface area contributed by atoms with E-state index in [1.165, 1.54) is 0 Å². The molecule has 0 saturated heterocycles. The highest BCUT2D eigenvalue weighted by Gasteiger charge is 2.37. The third kappa shape index (κ3) is 2.54. The van der Waals surface area contributed by atoms with Crippen LogP contribution in [0.5, 0.6) is 0 Å². The molecular weight excluding hydrogens is 419 g/mol. The van der Waals surface area contributed by atoms with E-state index in [1.54, 1.807) is 0 Å². The minimum Gasteiger partial charge on any atom is -0.358 e. The van der Waals surface area contributed by atoms with Gasteiger partial charge in [0, 0.05) is 44.3 Å². The predicted molar refractivity (Wildman–Crippen MR) is 122 cm³/mol. The first-order chi connectivity index (χ1) is 14.4. The van der Waals surface area contributed by atoms with Crippen LogP contribution in [0.15, 0.2) is 58.6 Å². The van der Waals surface area contributed by atoms with Crippen molar-refractivity contribution in [3.8, 4) is 0 Å². The first kappa shape index (κ1) is 18.9. The molecule has 4 nitrogen and oxygen atoms in total. The molecule has 0 saturated carbocycles. The lowest BCUT2D eigenvalue weighted by atomic mass is 9.86. The maximum Gasteiger partial charge on any atom is 0.207 e. The highest BCUT2D eigenvalue weighted by atomic mass is 35.5. The highest BCUT2D eigenvalue weighted by molar-refractivity contribution is 6.68. The quantitative estimate of drug-likeness (QED) is 0.378. The van der Waals surface area contributed by atoms with Gasteiger partial charge in [0.1, 0.15) is 10.1 Å². The van der Waals surface area contributed by atoms with Gasteiger partial charge < -0.3 is 9.97 Å². The largest absolute Gasteiger partial charge is 0.358 e. The van der Waals surface area contributed by atoms with Crippen LogP contribution in [0.3, 0.4) is 0 Å². The van der Waals surface area contributed by atoms with Gasteiger partial charge in [-0.15, -0.1) is 0 Å². The lowest BCUT2D eigenvalue weighted by Crippen LogP contribution is -2.19. The van der Waals surface area contributed by atoms with Gasteiger partial charge in [-0.3, -0.25) is 9.59 Å². The lowest BCUT2D eigenvalue weighted by molar-refractivity contribution is -0.113. The van der Waals surface area contributed by atoms with Gasteiger partial charge >= 0.3 is 0 Å². The molecule has 0 bridgehead atoms. The van der Waals surface area contributed by atoms with Crippen molar-refractivity contribution < 1.29 is 9.59 Å². The van der Waals surface area contributed by atoms with Crippen molar-refractivity contribution in [3.05, 3.63) is 81.1 Å². The summed E-state index contributed by atoms with van der Waals surface area (Å²) in [6.07, 6.45) is 0. The van der Waals surface area contributed by atoms with E-state index in [0.717, 1.165) is 33.2 Å². The predicted octanol–water partition coefficient (Wildman–Crippen LogP) is 6.02. The van der Waals surface area contributed by atoms with Crippen LogP contribution in [0, 0.1) is 13.8 Å². The van der Waals surface area contributed by atoms with Gasteiger partial charge in [0.2, 0.25) is 11.6 Å². The number of fused-ring (bicyclic) bond motifs is 2. The van der Waals surface area contributed by atoms with E-state index in [2.05, 4.69) is 9.97 Å². The second-order valence-electron chi connectivity index (χ2n) is 7.38. The van der Waals surface area contributed by atoms with Crippen LogP contribution in [0.25, 0.3) is 33.0 Å². The summed E-state index contributed by atoms with van der Waals surface area (Å²) in [6.45, 7) is 3.70. The fourth-order valence-corrected chi connectivity index (χ4v) is 4.84. The SMILES string of the molecule is Cc1[nH]c2ccccc2c1C1=C(Cl)C(=O)C(c2c(C)[nH]c3ccccc23)=C(Cl)C1=O. The van der Waals surface area contributed by atoms with Crippen LogP contribution in [-0.2, 0) is 9.59 Å². The molecule has 0 unspecified atom stereocenters. The molecule has 0 aliphatic heterocycles. The average molecular weight is 435 g/mol. The minimum atomic E-state index is -0.450. The number of hydrogen-bond acceptors (Lipinski definition) is 2. The van der Waals surface area contributed by atoms with Gasteiger partial charge in [-0.05, 0) is 26.0 Å². The number of nitrogens with one attached hydrogen (secondary N) is 2. The molecule has 1 aliphatic rings. The highest BCUT2D eigenvalue weighted by Crippen LogP contribution is 2.43. The van der Waals surface area contributed by atoms with Crippen LogP contribution in [0.2, 0.25) is 0 Å². The number of carbonyl (C=O) groups excluding carboxylic acids is 2. The van der Waals surface area contributed by atoms with Crippen molar-refractivity contribution in [3.63, 3.8) is 0 Å². The number of H-pyrrole nitrogens is 2. The Bertz CT molecular complexity index is 1360. The summed E-state index contributed by atoms with van der Waals surface area (Å²) in [5, 5.41) is 1.41. The van der Waals surface area contributed by atoms with E-state index in [4.69, 9.17) is 23.2 Å². The van der Waals surface area contributed by atoms with Crippen molar-refractivity contribution >= 4 is 67.7 Å². The normalized spacial score (nSPS) is 15.2. The molecule has 0 radical (unpaired) electrons. The molecule has 2 heterocycles. The summed E-state index contributed by atoms with van der Waals surface area (Å²) in [5.74, 6) is -0.900. The number of Topliss-reactive ketones (excluding diaryl/α,β-unsaturated/α-hetero) is 2. The van der Waals surface area contributed by atoms with Gasteiger partial charge in [0.25, 0.3) is 0 Å². The molecule has 148 valence electrons. The number of para-hydroxylation sites is 2. The molecule has 6 heteroatoms. The van der Waals surface area contributed by atoms with Crippen LogP contribution >= 0.6 is 23.2 Å². The van der Waals surface area contributed by atoms with E-state index in [-0.39, 0.29) is 21.2 Å². The van der Waals surface area contributed by atoms with Gasteiger partial charge in [-0.25, -0.2) is 0 Å². The van der Waals surface area contributed by atoms with Crippen LogP contribution in [-0.4, -0.2) is 21.5 Å². The van der Waals surface area contributed by atoms with Crippen molar-refractivity contribution in [1.82, 2.24) is 9.97 Å². The molecule has 2 aromatic carbocycles. The van der Waals surface area contributed by atoms with Crippen molar-refractivity contribution in [2.75, 3.05) is 0 Å². The summed E-state index contributed by atoms with van der Waals surface area (Å²) in [7, 11) is 0. The summed E-state index contributed by atoms with van der Waals surface area (Å²) in [4.78, 5) is 33.3. The Morgan fingerprint density at radius 3 is 1.40 bits per heavy atom. The van der Waals surface area contributed by atoms with Crippen LogP contribution in [0.4, 0.5) is 0 Å². The van der Waals surface area contributed by atoms with E-state index >= 15 is 0 Å². The second kappa shape index (κ2) is 6.73. The number of aryl methyl sites for hydroxylation is 2. The van der Waals surface area contributed by atoms with E-state index in [9.17, 15) is 9.59 Å². The maximum absolute atomic E-state index is 13.4. The standard InChI is InChI=1S/C24H16Cl2N2O2/c1-11-17(13-7-3-5-9-15(13)27-11)19-21(25)24(30)20(22(26)23(19)29)18-12(2)28-16-10-6-4-8-14(16)18/h3-10,27-28H,1-2H3. The summed E-state index contributed by atoms with van der Waals surface area (Å²) < 4.78 is 0. The molecule has 0 atom stereocenters. The lowest BCUT2D eigenvalue weighted by Gasteiger charge is -2.19. The Labute approximate surface area is 182 Å². The fraction of sp³-hybridized carbons (Fsp3) is 0.0833. The molecule has 4 aromatic rings. The van der Waals surface area contributed by atoms with Gasteiger partial charge in [-0.2, -0.15) is 0 Å². The number of ketones is 2. The van der Waals surface area contributed by atoms with Crippen molar-refractivity contribution in [1.29, 1.82) is 0 Å². The van der Waals surface area contributed by atoms with Gasteiger partial charge in [0.05, 0.1) is 11.1 Å². The van der Waals surface area contributed by atoms with Crippen molar-refractivity contribution in [2.24, 2.45) is 0 Å². The summed E-state index contributed by atoms with van der Waals surface area (Å²) in [6, 6.07) is 15.1. The zero-order chi connectivity index (χ0) is 21.2. The second-order valence-corrected chi connectivity index (χ2v) is 8.13. The average Bonchev–Trinajstić information content (AvgIpc) is 3.23. The number of halogens is 2. The van der Waals surface area contributed by atoms with E-state index < -0.39 is 11.6 Å². The number of aromatic amines is 2. The molecule has 2 N–H and O–H groups in total. The van der Waals surface area contributed by atoms with E-state index in [1.807, 2.05) is 62.4 Å². The number of benzene rings is 2. The molecule has 1 aliphatic carbocycles. The number of hydrogen-bond donors (Lipinski definition) is 2. The topological polar surface area (TPSA) is 65.7 Å². The third-order valence-electron chi connectivity index (χ3n) is 5.58. The third-order valence-corrected chi connectivity index (χ3v) is 6.30. The van der Waals surface area contributed by atoms with Gasteiger partial charge in [-0.1, -0.05) is 59.6 Å². The Morgan fingerprint density at radius 1 is 0.633 bits per heavy atom.